The van der Waals surface area contributed by atoms with Gasteiger partial charge in [-0.1, -0.05) is 80.6 Å². The van der Waals surface area contributed by atoms with Gasteiger partial charge in [0, 0.05) is 18.5 Å². The van der Waals surface area contributed by atoms with Gasteiger partial charge in [0.05, 0.1) is 18.8 Å². The van der Waals surface area contributed by atoms with E-state index in [0.717, 1.165) is 27.9 Å². The van der Waals surface area contributed by atoms with Gasteiger partial charge in [0.1, 0.15) is 12.1 Å². The van der Waals surface area contributed by atoms with Crippen molar-refractivity contribution < 1.29 is 24.3 Å². The maximum absolute atomic E-state index is 13.4. The molecule has 0 radical (unpaired) electrons. The second kappa shape index (κ2) is 15.8. The summed E-state index contributed by atoms with van der Waals surface area (Å²) in [6.07, 6.45) is 5.59. The number of aliphatic hydroxyl groups excluding tert-OH is 1. The molecule has 0 saturated heterocycles. The molecular formula is C36H42N4O5. The molecule has 0 saturated carbocycles. The number of para-hydroxylation sites is 1. The van der Waals surface area contributed by atoms with Crippen LogP contribution in [0.3, 0.4) is 0 Å². The first-order valence-electron chi connectivity index (χ1n) is 15.4. The van der Waals surface area contributed by atoms with Crippen molar-refractivity contribution in [1.82, 2.24) is 10.6 Å². The maximum Gasteiger partial charge on any atom is 0.246 e. The number of nitrogens with zero attached hydrogens (tertiary/aromatic N) is 1. The third-order valence-electron chi connectivity index (χ3n) is 7.82. The number of carbonyl (C=O) groups excluding carboxylic acids is 4. The molecule has 4 rings (SSSR count). The van der Waals surface area contributed by atoms with E-state index in [0.29, 0.717) is 25.1 Å². The summed E-state index contributed by atoms with van der Waals surface area (Å²) < 4.78 is 0. The molecule has 1 aliphatic rings. The monoisotopic (exact) mass is 610 g/mol. The number of unbranched alkanes of at least 4 members (excludes halogenated alkanes) is 1. The summed E-state index contributed by atoms with van der Waals surface area (Å²) in [5.41, 5.74) is 5.24. The molecule has 45 heavy (non-hydrogen) atoms. The summed E-state index contributed by atoms with van der Waals surface area (Å²) in [5, 5.41) is 17.4. The van der Waals surface area contributed by atoms with Crippen molar-refractivity contribution in [3.63, 3.8) is 0 Å². The zero-order valence-corrected chi connectivity index (χ0v) is 26.1. The minimum atomic E-state index is -0.838. The van der Waals surface area contributed by atoms with Crippen LogP contribution in [0.4, 0.5) is 11.4 Å². The Bertz CT molecular complexity index is 1530. The normalized spacial score (nSPS) is 14.2. The van der Waals surface area contributed by atoms with Crippen LogP contribution in [-0.4, -0.2) is 40.8 Å². The van der Waals surface area contributed by atoms with Gasteiger partial charge in [-0.3, -0.25) is 19.2 Å². The highest BCUT2D eigenvalue weighted by Crippen LogP contribution is 2.29. The first-order chi connectivity index (χ1) is 21.7. The molecular weight excluding hydrogens is 568 g/mol. The Kier molecular flexibility index (Phi) is 11.6. The van der Waals surface area contributed by atoms with Gasteiger partial charge in [-0.25, -0.2) is 0 Å². The van der Waals surface area contributed by atoms with E-state index >= 15 is 0 Å². The van der Waals surface area contributed by atoms with Gasteiger partial charge in [-0.05, 0) is 66.1 Å². The highest BCUT2D eigenvalue weighted by atomic mass is 16.3. The molecule has 0 unspecified atom stereocenters. The van der Waals surface area contributed by atoms with E-state index in [4.69, 9.17) is 0 Å². The van der Waals surface area contributed by atoms with Crippen LogP contribution >= 0.6 is 0 Å². The van der Waals surface area contributed by atoms with Crippen molar-refractivity contribution in [1.29, 1.82) is 0 Å². The Hall–Kier alpha value is -4.76. The maximum atomic E-state index is 13.4. The van der Waals surface area contributed by atoms with E-state index in [-0.39, 0.29) is 37.2 Å². The molecule has 3 aromatic rings. The lowest BCUT2D eigenvalue weighted by molar-refractivity contribution is -0.131. The van der Waals surface area contributed by atoms with Crippen LogP contribution in [-0.2, 0) is 32.3 Å². The van der Waals surface area contributed by atoms with Crippen LogP contribution in [0.25, 0.3) is 12.2 Å². The zero-order valence-electron chi connectivity index (χ0n) is 26.1. The predicted molar refractivity (Wildman–Crippen MR) is 177 cm³/mol. The van der Waals surface area contributed by atoms with Crippen molar-refractivity contribution in [3.8, 4) is 0 Å². The van der Waals surface area contributed by atoms with Crippen molar-refractivity contribution in [2.45, 2.75) is 71.7 Å². The van der Waals surface area contributed by atoms with Gasteiger partial charge in [-0.15, -0.1) is 0 Å². The fourth-order valence-electron chi connectivity index (χ4n) is 5.16. The molecule has 0 fully saturated rings. The number of nitrogens with one attached hydrogen (secondary N) is 3. The summed E-state index contributed by atoms with van der Waals surface area (Å²) in [6, 6.07) is 21.0. The Morgan fingerprint density at radius 2 is 1.42 bits per heavy atom. The fraction of sp³-hybridized carbons (Fsp3) is 0.333. The van der Waals surface area contributed by atoms with Crippen molar-refractivity contribution in [3.05, 3.63) is 95.1 Å². The lowest BCUT2D eigenvalue weighted by Gasteiger charge is -2.27. The number of benzene rings is 3. The molecule has 1 aliphatic heterocycles. The number of rotatable bonds is 12. The summed E-state index contributed by atoms with van der Waals surface area (Å²) in [6.45, 7) is 5.60. The Labute approximate surface area is 264 Å². The second-order valence-electron chi connectivity index (χ2n) is 11.6. The summed E-state index contributed by atoms with van der Waals surface area (Å²) in [5.74, 6) is -1.35. The minimum Gasteiger partial charge on any atom is -0.392 e. The van der Waals surface area contributed by atoms with Gasteiger partial charge in [0.15, 0.2) is 0 Å². The van der Waals surface area contributed by atoms with Crippen LogP contribution in [0.15, 0.2) is 72.8 Å². The summed E-state index contributed by atoms with van der Waals surface area (Å²) in [4.78, 5) is 53.7. The summed E-state index contributed by atoms with van der Waals surface area (Å²) >= 11 is 0. The molecule has 0 bridgehead atoms. The predicted octanol–water partition coefficient (Wildman–Crippen LogP) is 5.04. The highest BCUT2D eigenvalue weighted by molar-refractivity contribution is 5.98. The fourth-order valence-corrected chi connectivity index (χ4v) is 5.16. The first kappa shape index (κ1) is 33.1. The SMILES string of the molecule is CC(C)[C@H](NC(=O)CCCCC(=O)N1Cc2ccccc2/C=C\c2ccccc21)C(=O)N[C@@H](C)C(=O)Nc1ccc(CO)cc1. The van der Waals surface area contributed by atoms with E-state index in [1.807, 2.05) is 73.4 Å². The van der Waals surface area contributed by atoms with Crippen molar-refractivity contribution in [2.75, 3.05) is 10.2 Å². The van der Waals surface area contributed by atoms with E-state index in [1.54, 1.807) is 31.2 Å². The Balaban J connectivity index is 1.26. The Morgan fingerprint density at radius 3 is 2.13 bits per heavy atom. The molecule has 9 heteroatoms. The third-order valence-corrected chi connectivity index (χ3v) is 7.82. The van der Waals surface area contributed by atoms with Gasteiger partial charge in [0.2, 0.25) is 23.6 Å². The van der Waals surface area contributed by atoms with Crippen molar-refractivity contribution in [2.24, 2.45) is 5.92 Å². The van der Waals surface area contributed by atoms with E-state index < -0.39 is 23.9 Å². The minimum absolute atomic E-state index is 0.0102. The molecule has 3 aromatic carbocycles. The lowest BCUT2D eigenvalue weighted by atomic mass is 10.0. The molecule has 0 aliphatic carbocycles. The number of hydrogen-bond donors (Lipinski definition) is 4. The number of fused-ring (bicyclic) bond motifs is 2. The molecule has 0 spiro atoms. The molecule has 9 nitrogen and oxygen atoms in total. The second-order valence-corrected chi connectivity index (χ2v) is 11.6. The van der Waals surface area contributed by atoms with Crippen LogP contribution in [0.1, 0.15) is 68.7 Å². The summed E-state index contributed by atoms with van der Waals surface area (Å²) in [7, 11) is 0. The Morgan fingerprint density at radius 1 is 0.778 bits per heavy atom. The van der Waals surface area contributed by atoms with Crippen LogP contribution in [0.5, 0.6) is 0 Å². The van der Waals surface area contributed by atoms with E-state index in [2.05, 4.69) is 22.0 Å². The topological polar surface area (TPSA) is 128 Å². The largest absolute Gasteiger partial charge is 0.392 e. The molecule has 1 heterocycles. The lowest BCUT2D eigenvalue weighted by Crippen LogP contribution is -2.53. The average Bonchev–Trinajstić information content (AvgIpc) is 3.03. The smallest absolute Gasteiger partial charge is 0.246 e. The quantitative estimate of drug-likeness (QED) is 0.214. The van der Waals surface area contributed by atoms with Gasteiger partial charge >= 0.3 is 0 Å². The van der Waals surface area contributed by atoms with Gasteiger partial charge in [0.25, 0.3) is 0 Å². The van der Waals surface area contributed by atoms with E-state index in [9.17, 15) is 24.3 Å². The molecule has 4 N–H and O–H groups in total. The van der Waals surface area contributed by atoms with E-state index in [1.165, 1.54) is 0 Å². The van der Waals surface area contributed by atoms with Gasteiger partial charge < -0.3 is 26.0 Å². The van der Waals surface area contributed by atoms with Crippen LogP contribution in [0, 0.1) is 5.92 Å². The van der Waals surface area contributed by atoms with Crippen molar-refractivity contribution >= 4 is 47.2 Å². The first-order valence-corrected chi connectivity index (χ1v) is 15.4. The zero-order chi connectivity index (χ0) is 32.3. The van der Waals surface area contributed by atoms with Crippen LogP contribution in [0.2, 0.25) is 0 Å². The number of hydrogen-bond acceptors (Lipinski definition) is 5. The van der Waals surface area contributed by atoms with Crippen LogP contribution < -0.4 is 20.9 Å². The number of amides is 4. The molecule has 2 atom stereocenters. The highest BCUT2D eigenvalue weighted by Gasteiger charge is 2.27. The molecule has 236 valence electrons. The number of carbonyl (C=O) groups is 4. The third kappa shape index (κ3) is 9.12. The number of aliphatic hydroxyl groups is 1. The molecule has 0 aromatic heterocycles. The van der Waals surface area contributed by atoms with Gasteiger partial charge in [-0.2, -0.15) is 0 Å². The standard InChI is InChI=1S/C36H42N4O5/c1-24(2)34(36(45)37-25(3)35(44)38-30-20-16-26(23-41)17-21-30)39-32(42)14-8-9-15-33(43)40-22-29-12-5-4-10-27(29)18-19-28-11-6-7-13-31(28)40/h4-7,10-13,16-21,24-25,34,41H,8-9,14-15,22-23H2,1-3H3,(H,37,45)(H,38,44)(H,39,42)/b19-18-/t25-,34-/m0/s1. The average molecular weight is 611 g/mol. The molecule has 4 amide bonds. The number of anilines is 2.